The molecule has 6 nitrogen and oxygen atoms in total. The van der Waals surface area contributed by atoms with Gasteiger partial charge in [0.05, 0.1) is 0 Å². The molecule has 2 aliphatic rings. The summed E-state index contributed by atoms with van der Waals surface area (Å²) < 4.78 is 6.04. The maximum absolute atomic E-state index is 12.1. The molecule has 0 aromatic carbocycles. The average Bonchev–Trinajstić information content (AvgIpc) is 3.19. The van der Waals surface area contributed by atoms with Crippen LogP contribution in [0.15, 0.2) is 18.3 Å². The van der Waals surface area contributed by atoms with Gasteiger partial charge in [-0.15, -0.1) is 0 Å². The van der Waals surface area contributed by atoms with Crippen LogP contribution in [-0.2, 0) is 6.54 Å². The van der Waals surface area contributed by atoms with Gasteiger partial charge in [0.25, 0.3) is 0 Å². The smallest absolute Gasteiger partial charge is 0.315 e. The molecule has 2 unspecified atom stereocenters. The number of pyridine rings is 1. The molecule has 1 aliphatic heterocycles. The maximum atomic E-state index is 12.1. The monoisotopic (exact) mass is 402 g/mol. The number of hydrogen-bond donors (Lipinski definition) is 2. The Morgan fingerprint density at radius 1 is 1.17 bits per heavy atom. The Hall–Kier alpha value is -1.82. The Balaban J connectivity index is 1.30. The molecule has 29 heavy (non-hydrogen) atoms. The third kappa shape index (κ3) is 7.50. The van der Waals surface area contributed by atoms with Crippen molar-refractivity contribution in [1.82, 2.24) is 20.5 Å². The number of unbranched alkanes of at least 4 members (excludes halogenated alkanes) is 1. The van der Waals surface area contributed by atoms with E-state index in [1.807, 2.05) is 12.1 Å². The number of urea groups is 1. The van der Waals surface area contributed by atoms with Crippen LogP contribution in [0.5, 0.6) is 5.88 Å². The van der Waals surface area contributed by atoms with Crippen LogP contribution < -0.4 is 15.4 Å². The lowest BCUT2D eigenvalue weighted by Gasteiger charge is -2.34. The number of aromatic nitrogens is 1. The van der Waals surface area contributed by atoms with Gasteiger partial charge in [0.15, 0.2) is 0 Å². The topological polar surface area (TPSA) is 66.5 Å². The van der Waals surface area contributed by atoms with E-state index < -0.39 is 0 Å². The van der Waals surface area contributed by atoms with Gasteiger partial charge < -0.3 is 20.3 Å². The first-order valence-electron chi connectivity index (χ1n) is 11.4. The van der Waals surface area contributed by atoms with Crippen molar-refractivity contribution in [2.75, 3.05) is 26.2 Å². The molecule has 1 saturated heterocycles. The molecule has 1 aromatic heterocycles. The molecule has 3 rings (SSSR count). The Morgan fingerprint density at radius 3 is 2.69 bits per heavy atom. The predicted octanol–water partition coefficient (Wildman–Crippen LogP) is 3.96. The van der Waals surface area contributed by atoms with Gasteiger partial charge in [0, 0.05) is 37.9 Å². The van der Waals surface area contributed by atoms with Gasteiger partial charge in [-0.3, -0.25) is 0 Å². The van der Waals surface area contributed by atoms with Crippen molar-refractivity contribution in [3.05, 3.63) is 23.9 Å². The van der Waals surface area contributed by atoms with Crippen LogP contribution in [0.1, 0.15) is 64.4 Å². The zero-order chi connectivity index (χ0) is 20.5. The molecule has 2 amide bonds. The van der Waals surface area contributed by atoms with Crippen LogP contribution in [0, 0.1) is 11.8 Å². The van der Waals surface area contributed by atoms with Crippen LogP contribution in [0.4, 0.5) is 4.79 Å². The van der Waals surface area contributed by atoms with E-state index in [2.05, 4.69) is 34.4 Å². The quantitative estimate of drug-likeness (QED) is 0.614. The molecule has 6 heteroatoms. The van der Waals surface area contributed by atoms with E-state index in [4.69, 9.17) is 4.74 Å². The third-order valence-electron chi connectivity index (χ3n) is 6.00. The Kier molecular flexibility index (Phi) is 8.59. The summed E-state index contributed by atoms with van der Waals surface area (Å²) in [6, 6.07) is 3.73. The van der Waals surface area contributed by atoms with E-state index in [0.717, 1.165) is 49.6 Å². The van der Waals surface area contributed by atoms with Crippen LogP contribution >= 0.6 is 0 Å². The summed E-state index contributed by atoms with van der Waals surface area (Å²) >= 11 is 0. The highest BCUT2D eigenvalue weighted by molar-refractivity contribution is 5.73. The lowest BCUT2D eigenvalue weighted by atomic mass is 9.92. The molecule has 162 valence electrons. The normalized spacial score (nSPS) is 23.1. The molecule has 0 radical (unpaired) electrons. The molecular weight excluding hydrogens is 364 g/mol. The average molecular weight is 403 g/mol. The molecular formula is C23H38N4O2. The molecule has 1 aromatic rings. The van der Waals surface area contributed by atoms with E-state index in [-0.39, 0.29) is 12.1 Å². The zero-order valence-electron chi connectivity index (χ0n) is 18.2. The summed E-state index contributed by atoms with van der Waals surface area (Å²) in [5.74, 6) is 2.26. The molecule has 1 saturated carbocycles. The van der Waals surface area contributed by atoms with Crippen LogP contribution in [0.2, 0.25) is 0 Å². The molecule has 0 spiro atoms. The number of ether oxygens (including phenoxy) is 1. The minimum atomic E-state index is -0.124. The molecule has 1 aliphatic carbocycles. The Labute approximate surface area is 175 Å². The summed E-state index contributed by atoms with van der Waals surface area (Å²) in [6.07, 6.45) is 10.1. The number of likely N-dealkylation sites (tertiary alicyclic amines) is 1. The summed E-state index contributed by atoms with van der Waals surface area (Å²) in [4.78, 5) is 19.1. The molecule has 2 fully saturated rings. The second-order valence-electron chi connectivity index (χ2n) is 9.01. The van der Waals surface area contributed by atoms with Gasteiger partial charge in [-0.25, -0.2) is 9.78 Å². The van der Waals surface area contributed by atoms with Crippen molar-refractivity contribution in [3.8, 4) is 5.88 Å². The summed E-state index contributed by atoms with van der Waals surface area (Å²) in [6.45, 7) is 9.41. The van der Waals surface area contributed by atoms with Gasteiger partial charge in [0.2, 0.25) is 5.88 Å². The first-order valence-corrected chi connectivity index (χ1v) is 11.4. The molecule has 0 bridgehead atoms. The maximum Gasteiger partial charge on any atom is 0.315 e. The SMILES string of the molecule is CC1CC(C)CN(CCCCNC(=O)NCc2cccnc2OC2CCCC2)C1. The first-order chi connectivity index (χ1) is 14.1. The van der Waals surface area contributed by atoms with Gasteiger partial charge in [0.1, 0.15) is 6.10 Å². The van der Waals surface area contributed by atoms with Crippen molar-refractivity contribution < 1.29 is 9.53 Å². The summed E-state index contributed by atoms with van der Waals surface area (Å²) in [5.41, 5.74) is 0.933. The van der Waals surface area contributed by atoms with Gasteiger partial charge in [-0.2, -0.15) is 0 Å². The van der Waals surface area contributed by atoms with Crippen LogP contribution in [0.3, 0.4) is 0 Å². The standard InChI is InChI=1S/C23H38N4O2/c1-18-14-19(2)17-27(16-18)13-6-5-11-25-23(28)26-15-20-8-7-12-24-22(20)29-21-9-3-4-10-21/h7-8,12,18-19,21H,3-6,9-11,13-17H2,1-2H3,(H2,25,26,28). The number of nitrogens with zero attached hydrogens (tertiary/aromatic N) is 2. The molecule has 2 atom stereocenters. The van der Waals surface area contributed by atoms with E-state index in [0.29, 0.717) is 19.0 Å². The highest BCUT2D eigenvalue weighted by Gasteiger charge is 2.21. The summed E-state index contributed by atoms with van der Waals surface area (Å²) in [5, 5.41) is 5.91. The van der Waals surface area contributed by atoms with Gasteiger partial charge in [-0.05, 0) is 69.4 Å². The van der Waals surface area contributed by atoms with Gasteiger partial charge in [-0.1, -0.05) is 19.9 Å². The second kappa shape index (κ2) is 11.4. The fourth-order valence-electron chi connectivity index (χ4n) is 4.70. The van der Waals surface area contributed by atoms with Gasteiger partial charge >= 0.3 is 6.03 Å². The van der Waals surface area contributed by atoms with Crippen LogP contribution in [-0.4, -0.2) is 48.2 Å². The lowest BCUT2D eigenvalue weighted by molar-refractivity contribution is 0.139. The van der Waals surface area contributed by atoms with Crippen molar-refractivity contribution in [2.45, 2.75) is 71.4 Å². The third-order valence-corrected chi connectivity index (χ3v) is 6.00. The summed E-state index contributed by atoms with van der Waals surface area (Å²) in [7, 11) is 0. The van der Waals surface area contributed by atoms with E-state index in [1.54, 1.807) is 6.20 Å². The van der Waals surface area contributed by atoms with Crippen molar-refractivity contribution in [1.29, 1.82) is 0 Å². The highest BCUT2D eigenvalue weighted by Crippen LogP contribution is 2.25. The predicted molar refractivity (Wildman–Crippen MR) is 116 cm³/mol. The minimum absolute atomic E-state index is 0.124. The number of hydrogen-bond acceptors (Lipinski definition) is 4. The van der Waals surface area contributed by atoms with E-state index in [1.165, 1.54) is 32.4 Å². The van der Waals surface area contributed by atoms with E-state index >= 15 is 0 Å². The van der Waals surface area contributed by atoms with Crippen molar-refractivity contribution in [3.63, 3.8) is 0 Å². The minimum Gasteiger partial charge on any atom is -0.474 e. The fraction of sp³-hybridized carbons (Fsp3) is 0.739. The lowest BCUT2D eigenvalue weighted by Crippen LogP contribution is -2.39. The number of carbonyl (C=O) groups is 1. The van der Waals surface area contributed by atoms with Crippen LogP contribution in [0.25, 0.3) is 0 Å². The number of amides is 2. The highest BCUT2D eigenvalue weighted by atomic mass is 16.5. The largest absolute Gasteiger partial charge is 0.474 e. The number of rotatable bonds is 9. The zero-order valence-corrected chi connectivity index (χ0v) is 18.2. The van der Waals surface area contributed by atoms with Crippen molar-refractivity contribution in [2.24, 2.45) is 11.8 Å². The number of carbonyl (C=O) groups excluding carboxylic acids is 1. The van der Waals surface area contributed by atoms with E-state index in [9.17, 15) is 4.79 Å². The second-order valence-corrected chi connectivity index (χ2v) is 9.01. The molecule has 2 heterocycles. The molecule has 2 N–H and O–H groups in total. The first kappa shape index (κ1) is 21.9. The number of piperidine rings is 1. The Bertz CT molecular complexity index is 623. The number of nitrogens with one attached hydrogen (secondary N) is 2. The fourth-order valence-corrected chi connectivity index (χ4v) is 4.70. The van der Waals surface area contributed by atoms with Crippen molar-refractivity contribution >= 4 is 6.03 Å². The Morgan fingerprint density at radius 2 is 1.93 bits per heavy atom.